The van der Waals surface area contributed by atoms with Gasteiger partial charge in [0, 0.05) is 19.6 Å². The first kappa shape index (κ1) is 16.3. The summed E-state index contributed by atoms with van der Waals surface area (Å²) in [7, 11) is 0. The largest absolute Gasteiger partial charge is 0.458 e. The number of benzene rings is 1. The van der Waals surface area contributed by atoms with Gasteiger partial charge in [0.1, 0.15) is 6.10 Å². The molecule has 21 heavy (non-hydrogen) atoms. The van der Waals surface area contributed by atoms with E-state index in [2.05, 4.69) is 4.90 Å². The number of morpholine rings is 1. The molecule has 2 fully saturated rings. The van der Waals surface area contributed by atoms with Crippen molar-refractivity contribution in [3.63, 3.8) is 0 Å². The number of hydrogen-bond acceptors (Lipinski definition) is 4. The molecule has 116 valence electrons. The number of ether oxygens (including phenoxy) is 2. The van der Waals surface area contributed by atoms with Crippen LogP contribution >= 0.6 is 12.4 Å². The molecule has 1 aromatic rings. The first-order valence-corrected chi connectivity index (χ1v) is 7.34. The van der Waals surface area contributed by atoms with Crippen LogP contribution in [0.3, 0.4) is 0 Å². The number of carbonyl (C=O) groups is 1. The number of carbonyl (C=O) groups excluding carboxylic acids is 1. The van der Waals surface area contributed by atoms with Gasteiger partial charge in [0.15, 0.2) is 0 Å². The Labute approximate surface area is 131 Å². The van der Waals surface area contributed by atoms with Crippen LogP contribution in [0.1, 0.15) is 30.1 Å². The van der Waals surface area contributed by atoms with E-state index in [0.717, 1.165) is 19.6 Å². The summed E-state index contributed by atoms with van der Waals surface area (Å²) in [4.78, 5) is 14.3. The molecule has 0 amide bonds. The summed E-state index contributed by atoms with van der Waals surface area (Å²) in [5.41, 5.74) is 0.612. The fourth-order valence-electron chi connectivity index (χ4n) is 3.07. The van der Waals surface area contributed by atoms with Crippen LogP contribution < -0.4 is 0 Å². The van der Waals surface area contributed by atoms with Crippen LogP contribution in [-0.2, 0) is 9.47 Å². The molecular formula is C16H22ClNO3. The SMILES string of the molecule is CC(CN1CC2CCC(C1)O2)OC(=O)c1ccccc1.Cl. The van der Waals surface area contributed by atoms with E-state index in [1.54, 1.807) is 12.1 Å². The molecule has 0 aromatic heterocycles. The molecule has 0 N–H and O–H groups in total. The predicted molar refractivity (Wildman–Crippen MR) is 82.9 cm³/mol. The van der Waals surface area contributed by atoms with E-state index >= 15 is 0 Å². The van der Waals surface area contributed by atoms with E-state index in [4.69, 9.17) is 9.47 Å². The minimum atomic E-state index is -0.241. The molecule has 1 aromatic carbocycles. The van der Waals surface area contributed by atoms with Gasteiger partial charge in [-0.15, -0.1) is 12.4 Å². The van der Waals surface area contributed by atoms with Crippen molar-refractivity contribution in [2.45, 2.75) is 38.1 Å². The van der Waals surface area contributed by atoms with E-state index in [1.165, 1.54) is 12.8 Å². The summed E-state index contributed by atoms with van der Waals surface area (Å²) >= 11 is 0. The van der Waals surface area contributed by atoms with Gasteiger partial charge in [-0.3, -0.25) is 4.90 Å². The third kappa shape index (κ3) is 4.19. The fourth-order valence-corrected chi connectivity index (χ4v) is 3.07. The Morgan fingerprint density at radius 1 is 1.29 bits per heavy atom. The molecule has 0 aliphatic carbocycles. The number of fused-ring (bicyclic) bond motifs is 2. The number of esters is 1. The van der Waals surface area contributed by atoms with Gasteiger partial charge in [0.2, 0.25) is 0 Å². The quantitative estimate of drug-likeness (QED) is 0.801. The second-order valence-corrected chi connectivity index (χ2v) is 5.76. The van der Waals surface area contributed by atoms with E-state index in [0.29, 0.717) is 17.8 Å². The van der Waals surface area contributed by atoms with Crippen molar-refractivity contribution in [3.05, 3.63) is 35.9 Å². The van der Waals surface area contributed by atoms with Gasteiger partial charge >= 0.3 is 5.97 Å². The zero-order chi connectivity index (χ0) is 13.9. The number of halogens is 1. The molecule has 3 rings (SSSR count). The highest BCUT2D eigenvalue weighted by atomic mass is 35.5. The van der Waals surface area contributed by atoms with Gasteiger partial charge in [0.25, 0.3) is 0 Å². The lowest BCUT2D eigenvalue weighted by molar-refractivity contribution is -0.0507. The lowest BCUT2D eigenvalue weighted by Gasteiger charge is -2.33. The Hall–Kier alpha value is -1.10. The Morgan fingerprint density at radius 3 is 2.52 bits per heavy atom. The molecule has 3 atom stereocenters. The molecule has 2 aliphatic heterocycles. The summed E-state index contributed by atoms with van der Waals surface area (Å²) in [5.74, 6) is -0.241. The third-order valence-corrected chi connectivity index (χ3v) is 3.95. The maximum Gasteiger partial charge on any atom is 0.338 e. The maximum atomic E-state index is 12.0. The second-order valence-electron chi connectivity index (χ2n) is 5.76. The fraction of sp³-hybridized carbons (Fsp3) is 0.562. The van der Waals surface area contributed by atoms with Crippen LogP contribution in [0.5, 0.6) is 0 Å². The number of nitrogens with zero attached hydrogens (tertiary/aromatic N) is 1. The highest BCUT2D eigenvalue weighted by Gasteiger charge is 2.34. The first-order chi connectivity index (χ1) is 9.70. The van der Waals surface area contributed by atoms with Gasteiger partial charge in [0.05, 0.1) is 17.8 Å². The summed E-state index contributed by atoms with van der Waals surface area (Å²) in [6.07, 6.45) is 3.00. The zero-order valence-corrected chi connectivity index (χ0v) is 13.1. The second kappa shape index (κ2) is 7.25. The Bertz CT molecular complexity index is 456. The molecule has 4 nitrogen and oxygen atoms in total. The highest BCUT2D eigenvalue weighted by Crippen LogP contribution is 2.26. The van der Waals surface area contributed by atoms with Crippen molar-refractivity contribution in [1.82, 2.24) is 4.90 Å². The zero-order valence-electron chi connectivity index (χ0n) is 12.2. The van der Waals surface area contributed by atoms with Gasteiger partial charge in [-0.1, -0.05) is 18.2 Å². The van der Waals surface area contributed by atoms with Crippen LogP contribution in [0.15, 0.2) is 30.3 Å². The average molecular weight is 312 g/mol. The summed E-state index contributed by atoms with van der Waals surface area (Å²) in [6, 6.07) is 9.15. The van der Waals surface area contributed by atoms with Crippen LogP contribution in [0.4, 0.5) is 0 Å². The van der Waals surface area contributed by atoms with Gasteiger partial charge in [-0.25, -0.2) is 4.79 Å². The normalized spacial score (nSPS) is 26.0. The van der Waals surface area contributed by atoms with Gasteiger partial charge in [-0.2, -0.15) is 0 Å². The van der Waals surface area contributed by atoms with E-state index in [9.17, 15) is 4.79 Å². The van der Waals surface area contributed by atoms with Crippen molar-refractivity contribution in [2.75, 3.05) is 19.6 Å². The highest BCUT2D eigenvalue weighted by molar-refractivity contribution is 5.89. The minimum Gasteiger partial charge on any atom is -0.458 e. The molecule has 0 spiro atoms. The molecule has 2 saturated heterocycles. The van der Waals surface area contributed by atoms with Crippen molar-refractivity contribution < 1.29 is 14.3 Å². The maximum absolute atomic E-state index is 12.0. The third-order valence-electron chi connectivity index (χ3n) is 3.95. The molecule has 0 saturated carbocycles. The molecule has 3 unspecified atom stereocenters. The average Bonchev–Trinajstić information content (AvgIpc) is 2.78. The number of likely N-dealkylation sites (tertiary alicyclic amines) is 1. The van der Waals surface area contributed by atoms with Crippen LogP contribution in [0, 0.1) is 0 Å². The Kier molecular flexibility index (Phi) is 5.62. The monoisotopic (exact) mass is 311 g/mol. The van der Waals surface area contributed by atoms with E-state index < -0.39 is 0 Å². The first-order valence-electron chi connectivity index (χ1n) is 7.34. The topological polar surface area (TPSA) is 38.8 Å². The molecule has 0 radical (unpaired) electrons. The number of rotatable bonds is 4. The molecule has 2 aliphatic rings. The number of hydrogen-bond donors (Lipinski definition) is 0. The summed E-state index contributed by atoms with van der Waals surface area (Å²) in [6.45, 7) is 4.67. The van der Waals surface area contributed by atoms with Crippen LogP contribution in [0.2, 0.25) is 0 Å². The molecular weight excluding hydrogens is 290 g/mol. The van der Waals surface area contributed by atoms with E-state index in [1.807, 2.05) is 25.1 Å². The van der Waals surface area contributed by atoms with Gasteiger partial charge in [-0.05, 0) is 31.9 Å². The lowest BCUT2D eigenvalue weighted by atomic mass is 10.2. The minimum absolute atomic E-state index is 0. The molecule has 2 bridgehead atoms. The van der Waals surface area contributed by atoms with Crippen molar-refractivity contribution in [3.8, 4) is 0 Å². The van der Waals surface area contributed by atoms with Crippen molar-refractivity contribution in [1.29, 1.82) is 0 Å². The van der Waals surface area contributed by atoms with E-state index in [-0.39, 0.29) is 24.5 Å². The standard InChI is InChI=1S/C16H21NO3.ClH/c1-12(19-16(18)13-5-3-2-4-6-13)9-17-10-14-7-8-15(11-17)20-14;/h2-6,12,14-15H,7-11H2,1H3;1H. The van der Waals surface area contributed by atoms with Gasteiger partial charge < -0.3 is 9.47 Å². The van der Waals surface area contributed by atoms with Crippen LogP contribution in [0.25, 0.3) is 0 Å². The lowest BCUT2D eigenvalue weighted by Crippen LogP contribution is -2.45. The Morgan fingerprint density at radius 2 is 1.90 bits per heavy atom. The molecule has 2 heterocycles. The smallest absolute Gasteiger partial charge is 0.338 e. The predicted octanol–water partition coefficient (Wildman–Crippen LogP) is 2.52. The van der Waals surface area contributed by atoms with Crippen molar-refractivity contribution >= 4 is 18.4 Å². The summed E-state index contributed by atoms with van der Waals surface area (Å²) in [5, 5.41) is 0. The summed E-state index contributed by atoms with van der Waals surface area (Å²) < 4.78 is 11.3. The molecule has 5 heteroatoms. The van der Waals surface area contributed by atoms with Crippen LogP contribution in [-0.4, -0.2) is 48.8 Å². The Balaban J connectivity index is 0.00000161. The van der Waals surface area contributed by atoms with Crippen molar-refractivity contribution in [2.24, 2.45) is 0 Å².